The highest BCUT2D eigenvalue weighted by atomic mass is 32.1. The molecule has 7 heteroatoms. The Morgan fingerprint density at radius 3 is 1.01 bits per heavy atom. The zero-order valence-electron chi connectivity index (χ0n) is 45.0. The van der Waals surface area contributed by atoms with Crippen LogP contribution in [0.25, 0.3) is 31.1 Å². The van der Waals surface area contributed by atoms with E-state index in [1.165, 1.54) is 279 Å². The molecule has 2 atom stereocenters. The molecule has 0 saturated heterocycles. The van der Waals surface area contributed by atoms with E-state index in [2.05, 4.69) is 60.2 Å². The lowest BCUT2D eigenvalue weighted by molar-refractivity contribution is 0.400. The van der Waals surface area contributed by atoms with Crippen LogP contribution < -0.4 is 0 Å². The van der Waals surface area contributed by atoms with Crippen LogP contribution in [-0.4, -0.2) is 9.59 Å². The van der Waals surface area contributed by atoms with E-state index in [0.29, 0.717) is 33.2 Å². The number of benzene rings is 1. The molecule has 4 aromatic rings. The number of fused-ring (bicyclic) bond motifs is 1. The van der Waals surface area contributed by atoms with Crippen molar-refractivity contribution in [3.05, 3.63) is 45.7 Å². The first-order valence-electron chi connectivity index (χ1n) is 29.8. The molecule has 3 heterocycles. The van der Waals surface area contributed by atoms with Crippen molar-refractivity contribution in [2.45, 2.75) is 297 Å². The van der Waals surface area contributed by atoms with E-state index < -0.39 is 11.6 Å². The Labute approximate surface area is 436 Å². The normalized spacial score (nSPS) is 12.8. The maximum atomic E-state index is 16.6. The third-order valence-corrected chi connectivity index (χ3v) is 18.0. The molecule has 69 heavy (non-hydrogen) atoms. The van der Waals surface area contributed by atoms with E-state index >= 15 is 8.78 Å². The van der Waals surface area contributed by atoms with Crippen molar-refractivity contribution in [1.82, 2.24) is 9.59 Å². The van der Waals surface area contributed by atoms with E-state index in [4.69, 9.17) is 0 Å². The lowest BCUT2D eigenvalue weighted by Gasteiger charge is -2.17. The van der Waals surface area contributed by atoms with Gasteiger partial charge in [0.2, 0.25) is 0 Å². The molecule has 392 valence electrons. The summed E-state index contributed by atoms with van der Waals surface area (Å²) in [5, 5.41) is 8.92. The molecule has 0 aliphatic rings. The number of unbranched alkanes of at least 4 members (excludes halogenated alkanes) is 32. The average molecular weight is 1010 g/mol. The molecule has 0 amide bonds. The molecule has 1 aromatic carbocycles. The topological polar surface area (TPSA) is 25.8 Å². The summed E-state index contributed by atoms with van der Waals surface area (Å²) >= 11 is 4.31. The van der Waals surface area contributed by atoms with Gasteiger partial charge in [-0.25, -0.2) is 8.78 Å². The summed E-state index contributed by atoms with van der Waals surface area (Å²) in [6.45, 7) is 9.17. The van der Waals surface area contributed by atoms with E-state index in [9.17, 15) is 0 Å². The Kier molecular flexibility index (Phi) is 33.7. The average Bonchev–Trinajstić information content (AvgIpc) is 4.14. The summed E-state index contributed by atoms with van der Waals surface area (Å²) in [7, 11) is 0. The van der Waals surface area contributed by atoms with Gasteiger partial charge in [-0.15, -0.1) is 27.8 Å². The zero-order chi connectivity index (χ0) is 49.0. The molecular formula is C62H102F2N2S3. The largest absolute Gasteiger partial charge is 0.203 e. The summed E-state index contributed by atoms with van der Waals surface area (Å²) in [6.07, 6.45) is 55.9. The van der Waals surface area contributed by atoms with Crippen molar-refractivity contribution in [3.8, 4) is 20.9 Å². The second kappa shape index (κ2) is 38.9. The van der Waals surface area contributed by atoms with Crippen molar-refractivity contribution < 1.29 is 8.78 Å². The van der Waals surface area contributed by atoms with Gasteiger partial charge in [0.25, 0.3) is 0 Å². The Balaban J connectivity index is 1.39. The summed E-state index contributed by atoms with van der Waals surface area (Å²) in [5.41, 5.74) is 3.68. The van der Waals surface area contributed by atoms with Crippen LogP contribution in [0.15, 0.2) is 22.9 Å². The van der Waals surface area contributed by atoms with Crippen LogP contribution in [0.1, 0.15) is 296 Å². The summed E-state index contributed by atoms with van der Waals surface area (Å²) in [6, 6.07) is 4.30. The Morgan fingerprint density at radius 1 is 0.391 bits per heavy atom. The quantitative estimate of drug-likeness (QED) is 0.0412. The molecule has 3 aromatic heterocycles. The number of thiophene rings is 2. The number of rotatable bonds is 46. The van der Waals surface area contributed by atoms with Gasteiger partial charge >= 0.3 is 0 Å². The highest BCUT2D eigenvalue weighted by molar-refractivity contribution is 7.16. The minimum atomic E-state index is -0.775. The minimum Gasteiger partial charge on any atom is -0.203 e. The van der Waals surface area contributed by atoms with E-state index in [0.717, 1.165) is 22.6 Å². The minimum absolute atomic E-state index is 0.296. The predicted octanol–water partition coefficient (Wildman–Crippen LogP) is 23.4. The van der Waals surface area contributed by atoms with Gasteiger partial charge in [0, 0.05) is 9.75 Å². The Hall–Kier alpha value is -1.70. The van der Waals surface area contributed by atoms with E-state index in [-0.39, 0.29) is 0 Å². The lowest BCUT2D eigenvalue weighted by Crippen LogP contribution is -2.05. The van der Waals surface area contributed by atoms with Gasteiger partial charge < -0.3 is 0 Å². The van der Waals surface area contributed by atoms with Crippen LogP contribution in [0.4, 0.5) is 8.78 Å². The second-order valence-electron chi connectivity index (χ2n) is 21.6. The standard InChI is InChI=1S/C62H102F2N2S3/c1-5-9-13-17-21-25-27-31-35-39-42-51(41-37-33-29-23-19-15-11-7-3)45-53-47-55(67-49-53)57-59(63)60(64)58(62-61(57)65-66-69-62)56-48-54(50-68-56)46-52(43-38-34-30-24-20-16-12-8-4)44-40-36-32-28-26-22-18-14-10-6-2/h47-52H,5-46H2,1-4H3. The van der Waals surface area contributed by atoms with Crippen LogP contribution in [0.3, 0.4) is 0 Å². The summed E-state index contributed by atoms with van der Waals surface area (Å²) in [4.78, 5) is 1.58. The SMILES string of the molecule is CCCCCCCCCCCCC(CCCCCCCCCC)Cc1csc(-c2c(F)c(F)c(-c3cc(CC(CCCCCCCCCC)CCCCCCCCCCCC)cs3)c3snnc23)c1. The molecule has 0 saturated carbocycles. The Bertz CT molecular complexity index is 1700. The molecule has 4 rings (SSSR count). The first kappa shape index (κ1) is 59.9. The number of halogens is 2. The second-order valence-corrected chi connectivity index (χ2v) is 24.2. The molecule has 0 bridgehead atoms. The first-order chi connectivity index (χ1) is 34.0. The number of hydrogen-bond acceptors (Lipinski definition) is 5. The molecule has 0 spiro atoms. The highest BCUT2D eigenvalue weighted by Crippen LogP contribution is 2.45. The fourth-order valence-electron chi connectivity index (χ4n) is 11.0. The van der Waals surface area contributed by atoms with Crippen molar-refractivity contribution in [2.75, 3.05) is 0 Å². The fraction of sp³-hybridized carbons (Fsp3) is 0.774. The van der Waals surface area contributed by atoms with Crippen molar-refractivity contribution in [2.24, 2.45) is 11.8 Å². The van der Waals surface area contributed by atoms with Crippen LogP contribution in [0.2, 0.25) is 0 Å². The van der Waals surface area contributed by atoms with E-state index in [1.807, 2.05) is 0 Å². The molecule has 0 N–H and O–H groups in total. The molecule has 0 aliphatic carbocycles. The van der Waals surface area contributed by atoms with Crippen LogP contribution >= 0.6 is 34.2 Å². The van der Waals surface area contributed by atoms with Crippen molar-refractivity contribution >= 4 is 44.4 Å². The van der Waals surface area contributed by atoms with Gasteiger partial charge in [-0.3, -0.25) is 0 Å². The van der Waals surface area contributed by atoms with Gasteiger partial charge in [-0.1, -0.05) is 289 Å². The van der Waals surface area contributed by atoms with Gasteiger partial charge in [0.1, 0.15) is 5.52 Å². The fourth-order valence-corrected chi connectivity index (χ4v) is 13.7. The molecule has 2 nitrogen and oxygen atoms in total. The van der Waals surface area contributed by atoms with Gasteiger partial charge in [0.05, 0.1) is 15.8 Å². The third kappa shape index (κ3) is 24.3. The third-order valence-electron chi connectivity index (χ3n) is 15.3. The smallest absolute Gasteiger partial charge is 0.170 e. The monoisotopic (exact) mass is 1010 g/mol. The Morgan fingerprint density at radius 2 is 0.681 bits per heavy atom. The number of aromatic nitrogens is 2. The van der Waals surface area contributed by atoms with Gasteiger partial charge in [0.15, 0.2) is 11.6 Å². The van der Waals surface area contributed by atoms with Crippen LogP contribution in [0, 0.1) is 23.5 Å². The van der Waals surface area contributed by atoms with E-state index in [1.54, 1.807) is 22.7 Å². The number of hydrogen-bond donors (Lipinski definition) is 0. The van der Waals surface area contributed by atoms with Crippen molar-refractivity contribution in [1.29, 1.82) is 0 Å². The maximum absolute atomic E-state index is 16.6. The molecular weight excluding hydrogens is 907 g/mol. The zero-order valence-corrected chi connectivity index (χ0v) is 47.5. The molecule has 0 fully saturated rings. The summed E-state index contributed by atoms with van der Waals surface area (Å²) < 4.78 is 38.2. The lowest BCUT2D eigenvalue weighted by atomic mass is 9.89. The highest BCUT2D eigenvalue weighted by Gasteiger charge is 2.27. The predicted molar refractivity (Wildman–Crippen MR) is 306 cm³/mol. The molecule has 0 aliphatic heterocycles. The van der Waals surface area contributed by atoms with Gasteiger partial charge in [-0.2, -0.15) is 0 Å². The first-order valence-corrected chi connectivity index (χ1v) is 32.3. The number of nitrogens with zero attached hydrogens (tertiary/aromatic N) is 2. The molecule has 2 unspecified atom stereocenters. The maximum Gasteiger partial charge on any atom is 0.170 e. The van der Waals surface area contributed by atoms with Crippen LogP contribution in [-0.2, 0) is 12.8 Å². The van der Waals surface area contributed by atoms with Crippen molar-refractivity contribution in [3.63, 3.8) is 0 Å². The van der Waals surface area contributed by atoms with Gasteiger partial charge in [-0.05, 0) is 70.2 Å². The molecule has 0 radical (unpaired) electrons. The van der Waals surface area contributed by atoms with Crippen LogP contribution in [0.5, 0.6) is 0 Å². The summed E-state index contributed by atoms with van der Waals surface area (Å²) in [5.74, 6) is -0.253.